The Hall–Kier alpha value is -2.38. The number of hydrogen-bond donors (Lipinski definition) is 2. The van der Waals surface area contributed by atoms with Gasteiger partial charge in [-0.05, 0) is 43.5 Å². The van der Waals surface area contributed by atoms with E-state index in [1.54, 1.807) is 0 Å². The van der Waals surface area contributed by atoms with Crippen LogP contribution in [-0.4, -0.2) is 42.5 Å². The van der Waals surface area contributed by atoms with E-state index in [0.717, 1.165) is 30.2 Å². The maximum Gasteiger partial charge on any atom is 0.266 e. The minimum absolute atomic E-state index is 0.0622. The predicted molar refractivity (Wildman–Crippen MR) is 115 cm³/mol. The molecule has 1 aromatic heterocycles. The first-order valence-corrected chi connectivity index (χ1v) is 11.2. The average Bonchev–Trinajstić information content (AvgIpc) is 3.45. The van der Waals surface area contributed by atoms with Crippen LogP contribution in [0.2, 0.25) is 0 Å². The molecule has 1 saturated carbocycles. The number of aromatic amines is 1. The van der Waals surface area contributed by atoms with Gasteiger partial charge in [0, 0.05) is 18.2 Å². The van der Waals surface area contributed by atoms with Gasteiger partial charge < -0.3 is 19.9 Å². The Kier molecular flexibility index (Phi) is 4.80. The molecular weight excluding hydrogens is 386 g/mol. The monoisotopic (exact) mass is 411 g/mol. The number of carbonyl (C=O) groups excluding carboxylic acids is 1. The second-order valence-corrected chi connectivity index (χ2v) is 9.10. The molecule has 1 unspecified atom stereocenters. The molecule has 0 bridgehead atoms. The molecule has 5 rings (SSSR count). The van der Waals surface area contributed by atoms with Crippen LogP contribution in [0.15, 0.2) is 23.0 Å². The highest BCUT2D eigenvalue weighted by molar-refractivity contribution is 7.07. The van der Waals surface area contributed by atoms with Gasteiger partial charge in [-0.25, -0.2) is 0 Å². The molecule has 3 aliphatic rings. The Bertz CT molecular complexity index is 1130. The summed E-state index contributed by atoms with van der Waals surface area (Å²) in [7, 11) is 0. The number of Topliss-reactive ketones (excluding diaryl/α,β-unsaturated/α-hetero) is 1. The third kappa shape index (κ3) is 3.42. The van der Waals surface area contributed by atoms with Gasteiger partial charge in [-0.2, -0.15) is 0 Å². The van der Waals surface area contributed by atoms with E-state index in [1.807, 2.05) is 25.1 Å². The zero-order valence-corrected chi connectivity index (χ0v) is 17.3. The van der Waals surface area contributed by atoms with Crippen LogP contribution in [0.25, 0.3) is 11.6 Å². The molecule has 1 aromatic carbocycles. The highest BCUT2D eigenvalue weighted by Gasteiger charge is 2.28. The first-order chi connectivity index (χ1) is 14.1. The zero-order chi connectivity index (χ0) is 20.0. The minimum atomic E-state index is -0.190. The van der Waals surface area contributed by atoms with E-state index in [0.29, 0.717) is 27.4 Å². The molecule has 0 radical (unpaired) electrons. The molecule has 1 aliphatic carbocycles. The third-order valence-electron chi connectivity index (χ3n) is 6.16. The van der Waals surface area contributed by atoms with E-state index < -0.39 is 0 Å². The van der Waals surface area contributed by atoms with Gasteiger partial charge in [0.05, 0.1) is 22.8 Å². The number of thiazole rings is 1. The van der Waals surface area contributed by atoms with E-state index in [4.69, 9.17) is 4.74 Å². The van der Waals surface area contributed by atoms with E-state index in [-0.39, 0.29) is 17.4 Å². The van der Waals surface area contributed by atoms with Crippen molar-refractivity contribution in [3.63, 3.8) is 0 Å². The van der Waals surface area contributed by atoms with Crippen LogP contribution in [0.5, 0.6) is 5.75 Å². The summed E-state index contributed by atoms with van der Waals surface area (Å²) < 4.78 is 7.15. The SMILES string of the molecule is CC1NC/C(=c2/[nH]c(=O)/c(=C/c3ccc4c(c3)N(C3CCCC3)CCO4)s2)C1=O. The van der Waals surface area contributed by atoms with Crippen LogP contribution in [0.4, 0.5) is 5.69 Å². The van der Waals surface area contributed by atoms with Crippen molar-refractivity contribution in [1.29, 1.82) is 0 Å². The summed E-state index contributed by atoms with van der Waals surface area (Å²) >= 11 is 1.35. The minimum Gasteiger partial charge on any atom is -0.490 e. The van der Waals surface area contributed by atoms with Crippen molar-refractivity contribution in [2.45, 2.75) is 44.7 Å². The molecule has 7 heteroatoms. The number of nitrogens with one attached hydrogen (secondary N) is 2. The Balaban J connectivity index is 1.54. The fourth-order valence-electron chi connectivity index (χ4n) is 4.56. The maximum atomic E-state index is 12.5. The molecule has 2 N–H and O–H groups in total. The number of ether oxygens (including phenoxy) is 1. The summed E-state index contributed by atoms with van der Waals surface area (Å²) in [6.45, 7) is 3.98. The lowest BCUT2D eigenvalue weighted by Gasteiger charge is -2.36. The van der Waals surface area contributed by atoms with Crippen molar-refractivity contribution in [3.05, 3.63) is 43.3 Å². The number of benzene rings is 1. The summed E-state index contributed by atoms with van der Waals surface area (Å²) in [4.78, 5) is 30.1. The number of rotatable bonds is 2. The van der Waals surface area contributed by atoms with E-state index >= 15 is 0 Å². The lowest BCUT2D eigenvalue weighted by Crippen LogP contribution is -2.39. The normalized spacial score (nSPS) is 24.9. The molecule has 1 saturated heterocycles. The van der Waals surface area contributed by atoms with Crippen molar-refractivity contribution in [2.75, 3.05) is 24.6 Å². The second-order valence-electron chi connectivity index (χ2n) is 8.05. The summed E-state index contributed by atoms with van der Waals surface area (Å²) in [6.07, 6.45) is 6.97. The van der Waals surface area contributed by atoms with Crippen LogP contribution in [0.1, 0.15) is 38.2 Å². The van der Waals surface area contributed by atoms with Gasteiger partial charge in [-0.15, -0.1) is 11.3 Å². The Labute approximate surface area is 172 Å². The third-order valence-corrected chi connectivity index (χ3v) is 7.23. The Morgan fingerprint density at radius 2 is 2.07 bits per heavy atom. The van der Waals surface area contributed by atoms with Gasteiger partial charge in [0.2, 0.25) is 0 Å². The van der Waals surface area contributed by atoms with Crippen molar-refractivity contribution < 1.29 is 9.53 Å². The number of H-pyrrole nitrogens is 1. The van der Waals surface area contributed by atoms with Crippen LogP contribution in [0, 0.1) is 0 Å². The molecule has 0 spiro atoms. The molecule has 6 nitrogen and oxygen atoms in total. The topological polar surface area (TPSA) is 74.4 Å². The largest absolute Gasteiger partial charge is 0.490 e. The lowest BCUT2D eigenvalue weighted by atomic mass is 10.1. The van der Waals surface area contributed by atoms with Gasteiger partial charge in [0.15, 0.2) is 5.78 Å². The standard InChI is InChI=1S/C22H25N3O3S/c1-13-20(26)16(12-23-13)22-24-21(27)19(29-22)11-14-6-7-18-17(10-14)25(8-9-28-18)15-4-2-3-5-15/h6-7,10-11,13,15,23H,2-5,8-9,12H2,1H3,(H,24,27)/b19-11-,22-16+. The molecular formula is C22H25N3O3S. The number of aromatic nitrogens is 1. The lowest BCUT2D eigenvalue weighted by molar-refractivity contribution is -0.114. The molecule has 0 amide bonds. The Morgan fingerprint density at radius 3 is 2.83 bits per heavy atom. The summed E-state index contributed by atoms with van der Waals surface area (Å²) in [5, 5.41) is 3.13. The second kappa shape index (κ2) is 7.46. The molecule has 2 aromatic rings. The predicted octanol–water partition coefficient (Wildman–Crippen LogP) is 1.12. The van der Waals surface area contributed by atoms with Crippen molar-refractivity contribution >= 4 is 34.5 Å². The summed E-state index contributed by atoms with van der Waals surface area (Å²) in [5.74, 6) is 0.987. The molecule has 2 fully saturated rings. The molecule has 1 atom stereocenters. The summed E-state index contributed by atoms with van der Waals surface area (Å²) in [5.41, 5.74) is 2.63. The number of ketones is 1. The average molecular weight is 412 g/mol. The van der Waals surface area contributed by atoms with Gasteiger partial charge >= 0.3 is 0 Å². The fourth-order valence-corrected chi connectivity index (χ4v) is 5.56. The van der Waals surface area contributed by atoms with Gasteiger partial charge in [-0.3, -0.25) is 9.59 Å². The number of fused-ring (bicyclic) bond motifs is 1. The van der Waals surface area contributed by atoms with E-state index in [9.17, 15) is 9.59 Å². The number of carbonyl (C=O) groups is 1. The first kappa shape index (κ1) is 18.6. The van der Waals surface area contributed by atoms with Crippen LogP contribution < -0.4 is 29.7 Å². The summed E-state index contributed by atoms with van der Waals surface area (Å²) in [6, 6.07) is 6.52. The van der Waals surface area contributed by atoms with Gasteiger partial charge in [-0.1, -0.05) is 18.9 Å². The van der Waals surface area contributed by atoms with Crippen LogP contribution >= 0.6 is 11.3 Å². The quantitative estimate of drug-likeness (QED) is 0.775. The molecule has 3 heterocycles. The molecule has 152 valence electrons. The smallest absolute Gasteiger partial charge is 0.266 e. The number of hydrogen-bond acceptors (Lipinski definition) is 6. The van der Waals surface area contributed by atoms with Crippen molar-refractivity contribution in [2.24, 2.45) is 0 Å². The van der Waals surface area contributed by atoms with Gasteiger partial charge in [0.25, 0.3) is 5.56 Å². The van der Waals surface area contributed by atoms with Crippen LogP contribution in [-0.2, 0) is 4.79 Å². The van der Waals surface area contributed by atoms with Crippen LogP contribution in [0.3, 0.4) is 0 Å². The number of anilines is 1. The van der Waals surface area contributed by atoms with E-state index in [2.05, 4.69) is 21.3 Å². The fraction of sp³-hybridized carbons (Fsp3) is 0.455. The van der Waals surface area contributed by atoms with Gasteiger partial charge in [0.1, 0.15) is 17.0 Å². The highest BCUT2D eigenvalue weighted by Crippen LogP contribution is 2.37. The molecule has 2 aliphatic heterocycles. The Morgan fingerprint density at radius 1 is 1.24 bits per heavy atom. The van der Waals surface area contributed by atoms with Crippen molar-refractivity contribution in [1.82, 2.24) is 10.3 Å². The zero-order valence-electron chi connectivity index (χ0n) is 16.5. The van der Waals surface area contributed by atoms with Crippen molar-refractivity contribution in [3.8, 4) is 5.75 Å². The first-order valence-electron chi connectivity index (χ1n) is 10.4. The van der Waals surface area contributed by atoms with E-state index in [1.165, 1.54) is 37.0 Å². The molecule has 29 heavy (non-hydrogen) atoms. The maximum absolute atomic E-state index is 12.5. The number of nitrogens with zero attached hydrogens (tertiary/aromatic N) is 1. The highest BCUT2D eigenvalue weighted by atomic mass is 32.1.